The lowest BCUT2D eigenvalue weighted by Gasteiger charge is -2.26. The third-order valence-electron chi connectivity index (χ3n) is 3.88. The van der Waals surface area contributed by atoms with Crippen LogP contribution in [0.15, 0.2) is 18.2 Å². The van der Waals surface area contributed by atoms with Gasteiger partial charge in [0, 0.05) is 12.2 Å². The van der Waals surface area contributed by atoms with Crippen LogP contribution >= 0.6 is 0 Å². The summed E-state index contributed by atoms with van der Waals surface area (Å²) in [6.45, 7) is 3.75. The van der Waals surface area contributed by atoms with Crippen molar-refractivity contribution in [3.05, 3.63) is 29.6 Å². The van der Waals surface area contributed by atoms with Gasteiger partial charge < -0.3 is 10.4 Å². The molecule has 0 aromatic carbocycles. The molecule has 1 aromatic heterocycles. The van der Waals surface area contributed by atoms with Crippen LogP contribution in [-0.4, -0.2) is 22.6 Å². The number of nitrogens with zero attached hydrogens (tertiary/aromatic N) is 1. The van der Waals surface area contributed by atoms with Gasteiger partial charge in [-0.05, 0) is 57.2 Å². The van der Waals surface area contributed by atoms with Crippen molar-refractivity contribution in [2.75, 3.05) is 6.54 Å². The van der Waals surface area contributed by atoms with Crippen LogP contribution in [0, 0.1) is 18.8 Å². The summed E-state index contributed by atoms with van der Waals surface area (Å²) in [5.41, 5.74) is 2.11. The van der Waals surface area contributed by atoms with Crippen molar-refractivity contribution in [2.45, 2.75) is 39.2 Å². The molecule has 2 rings (SSSR count). The Balaban J connectivity index is 1.68. The van der Waals surface area contributed by atoms with Gasteiger partial charge >= 0.3 is 5.97 Å². The van der Waals surface area contributed by atoms with Crippen LogP contribution in [0.5, 0.6) is 0 Å². The smallest absolute Gasteiger partial charge is 0.306 e. The SMILES string of the molecule is Cc1cccc(CNCC2CCC(C(=O)O)CC2)n1. The van der Waals surface area contributed by atoms with Crippen molar-refractivity contribution < 1.29 is 9.90 Å². The number of rotatable bonds is 5. The van der Waals surface area contributed by atoms with Crippen molar-refractivity contribution in [1.82, 2.24) is 10.3 Å². The maximum atomic E-state index is 10.9. The van der Waals surface area contributed by atoms with Crippen LogP contribution < -0.4 is 5.32 Å². The van der Waals surface area contributed by atoms with Crippen LogP contribution in [0.4, 0.5) is 0 Å². The minimum atomic E-state index is -0.629. The number of nitrogens with one attached hydrogen (secondary N) is 1. The highest BCUT2D eigenvalue weighted by Gasteiger charge is 2.25. The van der Waals surface area contributed by atoms with Gasteiger partial charge in [-0.15, -0.1) is 0 Å². The molecule has 104 valence electrons. The van der Waals surface area contributed by atoms with E-state index in [1.54, 1.807) is 0 Å². The van der Waals surface area contributed by atoms with Gasteiger partial charge in [-0.1, -0.05) is 6.07 Å². The van der Waals surface area contributed by atoms with E-state index in [0.717, 1.165) is 50.2 Å². The van der Waals surface area contributed by atoms with Gasteiger partial charge in [-0.25, -0.2) is 0 Å². The molecule has 1 fully saturated rings. The lowest BCUT2D eigenvalue weighted by molar-refractivity contribution is -0.143. The lowest BCUT2D eigenvalue weighted by atomic mass is 9.82. The van der Waals surface area contributed by atoms with Crippen molar-refractivity contribution >= 4 is 5.97 Å². The van der Waals surface area contributed by atoms with Gasteiger partial charge in [0.15, 0.2) is 0 Å². The minimum Gasteiger partial charge on any atom is -0.481 e. The Kier molecular flexibility index (Phi) is 4.91. The van der Waals surface area contributed by atoms with Crippen LogP contribution in [-0.2, 0) is 11.3 Å². The molecule has 0 radical (unpaired) electrons. The first-order valence-electron chi connectivity index (χ1n) is 7.01. The Morgan fingerprint density at radius 2 is 2.11 bits per heavy atom. The third kappa shape index (κ3) is 4.31. The second-order valence-corrected chi connectivity index (χ2v) is 5.46. The number of hydrogen-bond acceptors (Lipinski definition) is 3. The zero-order valence-electron chi connectivity index (χ0n) is 11.4. The molecule has 0 atom stereocenters. The number of aromatic nitrogens is 1. The minimum absolute atomic E-state index is 0.116. The second kappa shape index (κ2) is 6.66. The molecule has 1 aromatic rings. The molecule has 0 aliphatic heterocycles. The highest BCUT2D eigenvalue weighted by atomic mass is 16.4. The average molecular weight is 262 g/mol. The number of hydrogen-bond donors (Lipinski definition) is 2. The summed E-state index contributed by atoms with van der Waals surface area (Å²) in [6.07, 6.45) is 3.69. The first-order valence-corrected chi connectivity index (χ1v) is 7.01. The summed E-state index contributed by atoms with van der Waals surface area (Å²) in [7, 11) is 0. The fourth-order valence-corrected chi connectivity index (χ4v) is 2.72. The monoisotopic (exact) mass is 262 g/mol. The van der Waals surface area contributed by atoms with Crippen LogP contribution in [0.1, 0.15) is 37.1 Å². The zero-order chi connectivity index (χ0) is 13.7. The molecule has 4 heteroatoms. The Morgan fingerprint density at radius 3 is 2.74 bits per heavy atom. The summed E-state index contributed by atoms with van der Waals surface area (Å²) in [6, 6.07) is 6.05. The molecule has 2 N–H and O–H groups in total. The molecular weight excluding hydrogens is 240 g/mol. The van der Waals surface area contributed by atoms with Crippen molar-refractivity contribution in [1.29, 1.82) is 0 Å². The van der Waals surface area contributed by atoms with E-state index in [4.69, 9.17) is 5.11 Å². The molecule has 1 saturated carbocycles. The van der Waals surface area contributed by atoms with E-state index in [0.29, 0.717) is 5.92 Å². The Hall–Kier alpha value is -1.42. The average Bonchev–Trinajstić information content (AvgIpc) is 2.39. The Labute approximate surface area is 114 Å². The van der Waals surface area contributed by atoms with Crippen LogP contribution in [0.25, 0.3) is 0 Å². The highest BCUT2D eigenvalue weighted by molar-refractivity contribution is 5.69. The third-order valence-corrected chi connectivity index (χ3v) is 3.88. The van der Waals surface area contributed by atoms with Gasteiger partial charge in [-0.3, -0.25) is 9.78 Å². The Morgan fingerprint density at radius 1 is 1.37 bits per heavy atom. The van der Waals surface area contributed by atoms with E-state index in [-0.39, 0.29) is 5.92 Å². The first kappa shape index (κ1) is 14.0. The maximum absolute atomic E-state index is 10.9. The molecule has 1 aliphatic carbocycles. The number of carboxylic acid groups (broad SMARTS) is 1. The first-order chi connectivity index (χ1) is 9.15. The number of carboxylic acids is 1. The summed E-state index contributed by atoms with van der Waals surface area (Å²) in [4.78, 5) is 15.3. The predicted octanol–water partition coefficient (Wildman–Crippen LogP) is 2.37. The largest absolute Gasteiger partial charge is 0.481 e. The summed E-state index contributed by atoms with van der Waals surface area (Å²) < 4.78 is 0. The lowest BCUT2D eigenvalue weighted by Crippen LogP contribution is -2.28. The van der Waals surface area contributed by atoms with Crippen molar-refractivity contribution in [3.63, 3.8) is 0 Å². The maximum Gasteiger partial charge on any atom is 0.306 e. The number of carbonyl (C=O) groups is 1. The highest BCUT2D eigenvalue weighted by Crippen LogP contribution is 2.28. The predicted molar refractivity (Wildman–Crippen MR) is 73.8 cm³/mol. The molecule has 0 unspecified atom stereocenters. The number of aliphatic carboxylic acids is 1. The number of aryl methyl sites for hydroxylation is 1. The Bertz CT molecular complexity index is 426. The molecule has 1 heterocycles. The molecule has 0 bridgehead atoms. The summed E-state index contributed by atoms with van der Waals surface area (Å²) >= 11 is 0. The van der Waals surface area contributed by atoms with Gasteiger partial charge in [0.2, 0.25) is 0 Å². The van der Waals surface area contributed by atoms with E-state index in [1.807, 2.05) is 25.1 Å². The van der Waals surface area contributed by atoms with E-state index in [9.17, 15) is 4.79 Å². The second-order valence-electron chi connectivity index (χ2n) is 5.46. The normalized spacial score (nSPS) is 23.2. The quantitative estimate of drug-likeness (QED) is 0.855. The van der Waals surface area contributed by atoms with Crippen LogP contribution in [0.3, 0.4) is 0 Å². The fraction of sp³-hybridized carbons (Fsp3) is 0.600. The molecule has 4 nitrogen and oxygen atoms in total. The van der Waals surface area contributed by atoms with Gasteiger partial charge in [0.05, 0.1) is 11.6 Å². The standard InChI is InChI=1S/C15H22N2O2/c1-11-3-2-4-14(17-11)10-16-9-12-5-7-13(8-6-12)15(18)19/h2-4,12-13,16H,5-10H2,1H3,(H,18,19). The van der Waals surface area contributed by atoms with E-state index < -0.39 is 5.97 Å². The molecular formula is C15H22N2O2. The van der Waals surface area contributed by atoms with Gasteiger partial charge in [-0.2, -0.15) is 0 Å². The number of pyridine rings is 1. The molecule has 0 saturated heterocycles. The van der Waals surface area contributed by atoms with Gasteiger partial charge in [0.1, 0.15) is 0 Å². The van der Waals surface area contributed by atoms with E-state index in [1.165, 1.54) is 0 Å². The zero-order valence-corrected chi connectivity index (χ0v) is 11.4. The summed E-state index contributed by atoms with van der Waals surface area (Å²) in [5.74, 6) is -0.134. The van der Waals surface area contributed by atoms with Crippen molar-refractivity contribution in [2.24, 2.45) is 11.8 Å². The van der Waals surface area contributed by atoms with E-state index in [2.05, 4.69) is 10.3 Å². The molecule has 0 amide bonds. The van der Waals surface area contributed by atoms with E-state index >= 15 is 0 Å². The van der Waals surface area contributed by atoms with Gasteiger partial charge in [0.25, 0.3) is 0 Å². The fourth-order valence-electron chi connectivity index (χ4n) is 2.72. The molecule has 19 heavy (non-hydrogen) atoms. The molecule has 1 aliphatic rings. The summed E-state index contributed by atoms with van der Waals surface area (Å²) in [5, 5.41) is 12.4. The van der Waals surface area contributed by atoms with Crippen LogP contribution in [0.2, 0.25) is 0 Å². The topological polar surface area (TPSA) is 62.2 Å². The molecule has 0 spiro atoms. The van der Waals surface area contributed by atoms with Crippen molar-refractivity contribution in [3.8, 4) is 0 Å².